The third-order valence-electron chi connectivity index (χ3n) is 3.47. The van der Waals surface area contributed by atoms with E-state index in [1.807, 2.05) is 0 Å². The van der Waals surface area contributed by atoms with Gasteiger partial charge in [0.1, 0.15) is 11.4 Å². The molecule has 0 atom stereocenters. The van der Waals surface area contributed by atoms with Gasteiger partial charge in [-0.3, -0.25) is 0 Å². The molecule has 1 aromatic carbocycles. The molecule has 0 spiro atoms. The number of nitrogens with one attached hydrogen (secondary N) is 1. The van der Waals surface area contributed by atoms with Gasteiger partial charge in [-0.05, 0) is 12.1 Å². The number of fused-ring (bicyclic) bond motifs is 3. The summed E-state index contributed by atoms with van der Waals surface area (Å²) in [4.78, 5) is 39.7. The van der Waals surface area contributed by atoms with Crippen molar-refractivity contribution >= 4 is 39.7 Å². The van der Waals surface area contributed by atoms with Crippen molar-refractivity contribution < 1.29 is 39.9 Å². The van der Waals surface area contributed by atoms with Crippen LogP contribution in [0.5, 0.6) is 11.5 Å². The number of carboxylic acid groups (broad SMARTS) is 3. The highest BCUT2D eigenvalue weighted by atomic mass is 16.4. The summed E-state index contributed by atoms with van der Waals surface area (Å²) in [6, 6.07) is 1.79. The van der Waals surface area contributed by atoms with Gasteiger partial charge in [-0.2, -0.15) is 0 Å². The Morgan fingerprint density at radius 1 is 0.917 bits per heavy atom. The van der Waals surface area contributed by atoms with Crippen molar-refractivity contribution in [3.05, 3.63) is 29.1 Å². The summed E-state index contributed by atoms with van der Waals surface area (Å²) in [5.74, 6) is -5.97. The van der Waals surface area contributed by atoms with E-state index in [2.05, 4.69) is 9.97 Å². The van der Waals surface area contributed by atoms with Crippen LogP contribution in [0.25, 0.3) is 21.8 Å². The monoisotopic (exact) mass is 332 g/mol. The van der Waals surface area contributed by atoms with Crippen molar-refractivity contribution in [1.82, 2.24) is 9.97 Å². The Balaban J connectivity index is 2.62. The zero-order valence-electron chi connectivity index (χ0n) is 11.6. The summed E-state index contributed by atoms with van der Waals surface area (Å²) < 4.78 is 0. The Bertz CT molecular complexity index is 1070. The van der Waals surface area contributed by atoms with Crippen LogP contribution in [0.15, 0.2) is 12.1 Å². The number of aromatic amines is 1. The molecule has 0 bridgehead atoms. The van der Waals surface area contributed by atoms with Crippen molar-refractivity contribution in [2.75, 3.05) is 0 Å². The van der Waals surface area contributed by atoms with Crippen LogP contribution in [0.2, 0.25) is 0 Å². The average Bonchev–Trinajstić information content (AvgIpc) is 2.96. The molecule has 10 heteroatoms. The van der Waals surface area contributed by atoms with Crippen LogP contribution in [0.1, 0.15) is 31.3 Å². The van der Waals surface area contributed by atoms with E-state index >= 15 is 0 Å². The van der Waals surface area contributed by atoms with Gasteiger partial charge < -0.3 is 30.5 Å². The highest BCUT2D eigenvalue weighted by Gasteiger charge is 2.25. The molecule has 24 heavy (non-hydrogen) atoms. The molecule has 2 heterocycles. The largest absolute Gasteiger partial charge is 0.504 e. The average molecular weight is 332 g/mol. The van der Waals surface area contributed by atoms with Gasteiger partial charge in [0.05, 0.1) is 16.6 Å². The van der Waals surface area contributed by atoms with Gasteiger partial charge in [0.25, 0.3) is 0 Å². The minimum absolute atomic E-state index is 0.170. The van der Waals surface area contributed by atoms with Crippen LogP contribution >= 0.6 is 0 Å². The number of hydrogen-bond donors (Lipinski definition) is 6. The van der Waals surface area contributed by atoms with Crippen molar-refractivity contribution in [1.29, 1.82) is 0 Å². The van der Waals surface area contributed by atoms with E-state index in [-0.39, 0.29) is 21.8 Å². The molecule has 0 saturated heterocycles. The molecular weight excluding hydrogens is 324 g/mol. The summed E-state index contributed by atoms with van der Waals surface area (Å²) in [5, 5.41) is 47.1. The fourth-order valence-corrected chi connectivity index (χ4v) is 2.44. The first kappa shape index (κ1) is 15.1. The van der Waals surface area contributed by atoms with Gasteiger partial charge in [-0.1, -0.05) is 0 Å². The molecule has 122 valence electrons. The summed E-state index contributed by atoms with van der Waals surface area (Å²) >= 11 is 0. The van der Waals surface area contributed by atoms with Crippen LogP contribution in [-0.2, 0) is 0 Å². The minimum Gasteiger partial charge on any atom is -0.504 e. The summed E-state index contributed by atoms with van der Waals surface area (Å²) in [7, 11) is 0. The molecule has 3 rings (SSSR count). The Morgan fingerprint density at radius 2 is 1.58 bits per heavy atom. The first-order chi connectivity index (χ1) is 11.2. The van der Waals surface area contributed by atoms with Gasteiger partial charge in [0, 0.05) is 10.8 Å². The van der Waals surface area contributed by atoms with Gasteiger partial charge in [-0.15, -0.1) is 0 Å². The number of hydrogen-bond acceptors (Lipinski definition) is 6. The molecule has 3 aromatic rings. The van der Waals surface area contributed by atoms with Crippen LogP contribution < -0.4 is 0 Å². The number of aromatic carboxylic acids is 3. The highest BCUT2D eigenvalue weighted by Crippen LogP contribution is 2.42. The minimum atomic E-state index is -1.51. The lowest BCUT2D eigenvalue weighted by Gasteiger charge is -2.10. The molecule has 0 aliphatic heterocycles. The Hall–Kier alpha value is -3.82. The van der Waals surface area contributed by atoms with Crippen LogP contribution in [0.3, 0.4) is 0 Å². The normalized spacial score (nSPS) is 11.0. The molecular formula is C14H8N2O8. The van der Waals surface area contributed by atoms with E-state index < -0.39 is 46.4 Å². The standard InChI is InChI=1S/C14H8N2O8/c17-10-4-2-6(14(23)24)15-8(4)7-3(12(19)20)1-5(13(21)22)16-9(7)11(10)18/h1-2,16-18H,(H,19,20)(H,21,22)(H,23,24). The number of H-pyrrole nitrogens is 1. The first-order valence-electron chi connectivity index (χ1n) is 6.33. The number of phenolic OH excluding ortho intramolecular Hbond substituents is 2. The Morgan fingerprint density at radius 3 is 2.12 bits per heavy atom. The molecule has 10 nitrogen and oxygen atoms in total. The first-order valence-corrected chi connectivity index (χ1v) is 6.33. The maximum atomic E-state index is 11.5. The fraction of sp³-hybridized carbons (Fsp3) is 0. The van der Waals surface area contributed by atoms with Crippen LogP contribution in [0, 0.1) is 0 Å². The predicted molar refractivity (Wildman–Crippen MR) is 77.8 cm³/mol. The number of rotatable bonds is 3. The second-order valence-corrected chi connectivity index (χ2v) is 4.86. The molecule has 0 aliphatic carbocycles. The number of carbonyl (C=O) groups is 3. The van der Waals surface area contributed by atoms with Gasteiger partial charge in [-0.25, -0.2) is 19.4 Å². The summed E-state index contributed by atoms with van der Waals surface area (Å²) in [6.45, 7) is 0. The molecule has 0 unspecified atom stereocenters. The molecule has 2 aromatic heterocycles. The maximum Gasteiger partial charge on any atom is 0.354 e. The number of pyridine rings is 1. The Kier molecular flexibility index (Phi) is 3.04. The lowest BCUT2D eigenvalue weighted by Crippen LogP contribution is -2.07. The maximum absolute atomic E-state index is 11.5. The van der Waals surface area contributed by atoms with Crippen molar-refractivity contribution in [3.8, 4) is 11.5 Å². The van der Waals surface area contributed by atoms with E-state index in [4.69, 9.17) is 10.2 Å². The van der Waals surface area contributed by atoms with E-state index in [1.54, 1.807) is 0 Å². The predicted octanol–water partition coefficient (Wildman–Crippen LogP) is 1.22. The summed E-state index contributed by atoms with van der Waals surface area (Å²) in [6.07, 6.45) is 0. The van der Waals surface area contributed by atoms with E-state index in [1.165, 1.54) is 0 Å². The van der Waals surface area contributed by atoms with Gasteiger partial charge in [0.15, 0.2) is 11.5 Å². The number of carboxylic acids is 3. The zero-order valence-corrected chi connectivity index (χ0v) is 11.6. The van der Waals surface area contributed by atoms with Crippen LogP contribution in [0.4, 0.5) is 0 Å². The lowest BCUT2D eigenvalue weighted by molar-refractivity contribution is 0.0678. The smallest absolute Gasteiger partial charge is 0.354 e. The second kappa shape index (κ2) is 4.84. The number of nitrogens with zero attached hydrogens (tertiary/aromatic N) is 1. The topological polar surface area (TPSA) is 181 Å². The molecule has 0 amide bonds. The van der Waals surface area contributed by atoms with E-state index in [0.29, 0.717) is 0 Å². The number of aromatic nitrogens is 2. The lowest BCUT2D eigenvalue weighted by atomic mass is 10.0. The molecule has 0 radical (unpaired) electrons. The molecule has 0 fully saturated rings. The van der Waals surface area contributed by atoms with Crippen LogP contribution in [-0.4, -0.2) is 53.4 Å². The fourth-order valence-electron chi connectivity index (χ4n) is 2.44. The number of aromatic hydroxyl groups is 2. The Labute approximate surface area is 131 Å². The van der Waals surface area contributed by atoms with Crippen molar-refractivity contribution in [2.45, 2.75) is 0 Å². The molecule has 0 aliphatic rings. The second-order valence-electron chi connectivity index (χ2n) is 4.86. The zero-order chi connectivity index (χ0) is 17.8. The third-order valence-corrected chi connectivity index (χ3v) is 3.47. The number of benzene rings is 1. The van der Waals surface area contributed by atoms with E-state index in [9.17, 15) is 29.7 Å². The molecule has 6 N–H and O–H groups in total. The van der Waals surface area contributed by atoms with Gasteiger partial charge in [0.2, 0.25) is 0 Å². The number of phenols is 2. The van der Waals surface area contributed by atoms with Crippen molar-refractivity contribution in [2.24, 2.45) is 0 Å². The summed E-state index contributed by atoms with van der Waals surface area (Å²) in [5.41, 5.74) is -2.10. The SMILES string of the molecule is O=C(O)c1cc2c(O)c(O)c3[nH]c(C(=O)O)cc(C(=O)O)c3c2n1. The quantitative estimate of drug-likeness (QED) is 0.384. The highest BCUT2D eigenvalue weighted by molar-refractivity contribution is 6.19. The van der Waals surface area contributed by atoms with Crippen molar-refractivity contribution in [3.63, 3.8) is 0 Å². The van der Waals surface area contributed by atoms with E-state index in [0.717, 1.165) is 12.1 Å². The van der Waals surface area contributed by atoms with Gasteiger partial charge >= 0.3 is 17.9 Å². The molecule has 0 saturated carbocycles. The third kappa shape index (κ3) is 1.97.